The van der Waals surface area contributed by atoms with E-state index in [0.717, 1.165) is 12.1 Å². The summed E-state index contributed by atoms with van der Waals surface area (Å²) in [4.78, 5) is 40.3. The average Bonchev–Trinajstić information content (AvgIpc) is 2.79. The molecular weight excluding hydrogens is 420 g/mol. The van der Waals surface area contributed by atoms with Gasteiger partial charge in [-0.2, -0.15) is 0 Å². The Hall–Kier alpha value is -4.45. The lowest BCUT2D eigenvalue weighted by molar-refractivity contribution is -0.393. The number of nitrogens with zero attached hydrogens (tertiary/aromatic N) is 4. The van der Waals surface area contributed by atoms with Crippen LogP contribution < -0.4 is 10.9 Å². The van der Waals surface area contributed by atoms with Gasteiger partial charge >= 0.3 is 5.69 Å². The fourth-order valence-electron chi connectivity index (χ4n) is 2.43. The maximum Gasteiger partial charge on any atom is 0.301 e. The van der Waals surface area contributed by atoms with Gasteiger partial charge in [0.2, 0.25) is 0 Å². The highest BCUT2D eigenvalue weighted by Gasteiger charge is 2.18. The summed E-state index contributed by atoms with van der Waals surface area (Å²) in [6, 6.07) is 6.28. The van der Waals surface area contributed by atoms with Crippen LogP contribution in [0.15, 0.2) is 71.6 Å². The fourth-order valence-corrected chi connectivity index (χ4v) is 2.43. The van der Waals surface area contributed by atoms with Crippen LogP contribution in [0.2, 0.25) is 0 Å². The second-order valence-corrected chi connectivity index (χ2v) is 6.21. The number of nitrogens with one attached hydrogen (secondary N) is 2. The van der Waals surface area contributed by atoms with Crippen molar-refractivity contribution in [3.8, 4) is 0 Å². The van der Waals surface area contributed by atoms with Crippen molar-refractivity contribution >= 4 is 29.2 Å². The normalized spacial score (nSPS) is 11.6. The number of hydrogen-bond donors (Lipinski definition) is 3. The number of amides is 1. The van der Waals surface area contributed by atoms with E-state index < -0.39 is 21.2 Å². The van der Waals surface area contributed by atoms with Crippen molar-refractivity contribution in [2.75, 3.05) is 6.61 Å². The number of aromatic nitrogens is 1. The molecule has 0 saturated carbocycles. The number of hydrazine groups is 1. The molecule has 2 aromatic rings. The number of benzene rings is 1. The van der Waals surface area contributed by atoms with E-state index >= 15 is 0 Å². The van der Waals surface area contributed by atoms with E-state index in [4.69, 9.17) is 5.11 Å². The second kappa shape index (κ2) is 12.3. The van der Waals surface area contributed by atoms with Crippen molar-refractivity contribution in [1.82, 2.24) is 15.8 Å². The highest BCUT2D eigenvalue weighted by Crippen LogP contribution is 2.30. The Kier molecular flexibility index (Phi) is 9.15. The Labute approximate surface area is 182 Å². The first-order valence-electron chi connectivity index (χ1n) is 9.31. The molecule has 0 bridgehead atoms. The smallest absolute Gasteiger partial charge is 0.301 e. The topological polar surface area (TPSA) is 173 Å². The molecular formula is C20H20N6O6. The van der Waals surface area contributed by atoms with Gasteiger partial charge in [-0.15, -0.1) is 0 Å². The van der Waals surface area contributed by atoms with Crippen LogP contribution in [0.1, 0.15) is 23.2 Å². The molecule has 0 aliphatic heterocycles. The molecule has 166 valence electrons. The van der Waals surface area contributed by atoms with E-state index in [9.17, 15) is 25.0 Å². The Morgan fingerprint density at radius 2 is 1.91 bits per heavy atom. The number of aliphatic hydroxyl groups excluding tert-OH is 1. The minimum Gasteiger partial charge on any atom is -0.396 e. The van der Waals surface area contributed by atoms with Gasteiger partial charge in [0.15, 0.2) is 0 Å². The minimum atomic E-state index is -0.745. The number of carbonyl (C=O) groups is 1. The van der Waals surface area contributed by atoms with Crippen LogP contribution in [0.25, 0.3) is 0 Å². The van der Waals surface area contributed by atoms with Crippen molar-refractivity contribution in [1.29, 1.82) is 0 Å². The van der Waals surface area contributed by atoms with Crippen LogP contribution in [0.5, 0.6) is 0 Å². The quantitative estimate of drug-likeness (QED) is 0.207. The highest BCUT2D eigenvalue weighted by atomic mass is 16.6. The number of rotatable bonds is 11. The van der Waals surface area contributed by atoms with E-state index in [1.165, 1.54) is 37.0 Å². The summed E-state index contributed by atoms with van der Waals surface area (Å²) in [6.45, 7) is -0.0301. The Bertz CT molecular complexity index is 1050. The molecule has 1 aromatic heterocycles. The van der Waals surface area contributed by atoms with Crippen LogP contribution in [0.3, 0.4) is 0 Å². The van der Waals surface area contributed by atoms with Gasteiger partial charge in [0.05, 0.1) is 15.9 Å². The molecule has 1 aromatic carbocycles. The van der Waals surface area contributed by atoms with Crippen molar-refractivity contribution < 1.29 is 19.7 Å². The first-order valence-corrected chi connectivity index (χ1v) is 9.31. The minimum absolute atomic E-state index is 0.0301. The molecule has 12 heteroatoms. The zero-order valence-corrected chi connectivity index (χ0v) is 16.7. The highest BCUT2D eigenvalue weighted by molar-refractivity contribution is 5.93. The molecule has 12 nitrogen and oxygen atoms in total. The molecule has 1 heterocycles. The number of non-ortho nitro benzene ring substituents is 1. The Morgan fingerprint density at radius 1 is 1.16 bits per heavy atom. The number of aliphatic imine (C=N–C) groups is 1. The van der Waals surface area contributed by atoms with Crippen molar-refractivity contribution in [2.24, 2.45) is 4.99 Å². The molecule has 0 aliphatic rings. The number of nitro groups is 2. The third kappa shape index (κ3) is 7.42. The predicted molar refractivity (Wildman–Crippen MR) is 116 cm³/mol. The molecule has 0 aliphatic carbocycles. The van der Waals surface area contributed by atoms with Crippen molar-refractivity contribution in [3.05, 3.63) is 92.4 Å². The lowest BCUT2D eigenvalue weighted by atomic mass is 10.1. The zero-order chi connectivity index (χ0) is 23.3. The van der Waals surface area contributed by atoms with Crippen LogP contribution in [0, 0.1) is 20.2 Å². The summed E-state index contributed by atoms with van der Waals surface area (Å²) < 4.78 is 0. The van der Waals surface area contributed by atoms with E-state index in [1.54, 1.807) is 18.2 Å². The van der Waals surface area contributed by atoms with E-state index in [0.29, 0.717) is 24.0 Å². The molecule has 2 rings (SSSR count). The summed E-state index contributed by atoms with van der Waals surface area (Å²) in [6.07, 6.45) is 9.94. The standard InChI is InChI=1S/C20H20N6O6/c27-12-2-4-15(14-23-24-20(28)16-7-10-21-11-8-16)3-1-9-22-18-6-5-17(25(29)30)13-19(18)26(31)32/h1,3,5-11,13-14,23,27H,2,4,12H2,(H,24,28)/b3-1-,15-14-,22-9?. The maximum atomic E-state index is 12.0. The molecule has 0 radical (unpaired) electrons. The summed E-state index contributed by atoms with van der Waals surface area (Å²) >= 11 is 0. The number of allylic oxidation sites excluding steroid dienone is 3. The Morgan fingerprint density at radius 3 is 2.56 bits per heavy atom. The average molecular weight is 440 g/mol. The second-order valence-electron chi connectivity index (χ2n) is 6.21. The van der Waals surface area contributed by atoms with Crippen LogP contribution in [-0.2, 0) is 0 Å². The molecule has 0 saturated heterocycles. The van der Waals surface area contributed by atoms with Gasteiger partial charge in [-0.3, -0.25) is 35.4 Å². The SMILES string of the molecule is O=C(NN/C=C(/C=C\C=Nc1ccc([N+](=O)[O-])cc1[N+](=O)[O-])CCCO)c1ccncc1. The summed E-state index contributed by atoms with van der Waals surface area (Å²) in [5, 5.41) is 31.0. The van der Waals surface area contributed by atoms with Crippen LogP contribution in [0.4, 0.5) is 17.1 Å². The van der Waals surface area contributed by atoms with Crippen LogP contribution in [-0.4, -0.2) is 38.7 Å². The molecule has 3 N–H and O–H groups in total. The van der Waals surface area contributed by atoms with Gasteiger partial charge < -0.3 is 10.5 Å². The van der Waals surface area contributed by atoms with Crippen molar-refractivity contribution in [3.63, 3.8) is 0 Å². The summed E-state index contributed by atoms with van der Waals surface area (Å²) in [5.41, 5.74) is 5.39. The van der Waals surface area contributed by atoms with Gasteiger partial charge in [-0.1, -0.05) is 6.08 Å². The van der Waals surface area contributed by atoms with Crippen LogP contribution >= 0.6 is 0 Å². The molecule has 0 fully saturated rings. The molecule has 32 heavy (non-hydrogen) atoms. The third-order valence-electron chi connectivity index (χ3n) is 3.99. The summed E-state index contributed by atoms with van der Waals surface area (Å²) in [5.74, 6) is -0.360. The predicted octanol–water partition coefficient (Wildman–Crippen LogP) is 2.75. The number of hydrogen-bond acceptors (Lipinski definition) is 9. The fraction of sp³-hybridized carbons (Fsp3) is 0.150. The van der Waals surface area contributed by atoms with Gasteiger partial charge in [-0.05, 0) is 42.7 Å². The van der Waals surface area contributed by atoms with Gasteiger partial charge in [0.25, 0.3) is 11.6 Å². The first-order chi connectivity index (χ1) is 15.4. The van der Waals surface area contributed by atoms with Gasteiger partial charge in [0, 0.05) is 43.0 Å². The third-order valence-corrected chi connectivity index (χ3v) is 3.99. The largest absolute Gasteiger partial charge is 0.396 e. The lowest BCUT2D eigenvalue weighted by Gasteiger charge is -2.06. The first kappa shape index (κ1) is 23.8. The van der Waals surface area contributed by atoms with E-state index in [-0.39, 0.29) is 18.2 Å². The number of carbonyl (C=O) groups excluding carboxylic acids is 1. The molecule has 0 atom stereocenters. The van der Waals surface area contributed by atoms with Crippen molar-refractivity contribution in [2.45, 2.75) is 12.8 Å². The zero-order valence-electron chi connectivity index (χ0n) is 16.7. The summed E-state index contributed by atoms with van der Waals surface area (Å²) in [7, 11) is 0. The number of nitro benzene ring substituents is 2. The lowest BCUT2D eigenvalue weighted by Crippen LogP contribution is -2.33. The Balaban J connectivity index is 2.07. The molecule has 0 unspecified atom stereocenters. The maximum absolute atomic E-state index is 12.0. The number of pyridine rings is 1. The van der Waals surface area contributed by atoms with Gasteiger partial charge in [-0.25, -0.2) is 4.99 Å². The molecule has 1 amide bonds. The van der Waals surface area contributed by atoms with Gasteiger partial charge in [0.1, 0.15) is 5.69 Å². The number of aliphatic hydroxyl groups is 1. The monoisotopic (exact) mass is 440 g/mol. The molecule has 0 spiro atoms. The van der Waals surface area contributed by atoms with E-state index in [1.807, 2.05) is 0 Å². The van der Waals surface area contributed by atoms with E-state index in [2.05, 4.69) is 20.8 Å².